The second-order valence-corrected chi connectivity index (χ2v) is 6.70. The minimum absolute atomic E-state index is 0.253. The van der Waals surface area contributed by atoms with Crippen LogP contribution in [0.3, 0.4) is 0 Å². The maximum atomic E-state index is 12.9. The third-order valence-corrected chi connectivity index (χ3v) is 4.91. The summed E-state index contributed by atoms with van der Waals surface area (Å²) in [6.45, 7) is 4.32. The SMILES string of the molecule is CCOC(=O)c1c(-c2ccccc2)csc1NC(=O)c1ccccc1OCC. The average Bonchev–Trinajstić information content (AvgIpc) is 3.13. The highest BCUT2D eigenvalue weighted by molar-refractivity contribution is 7.15. The predicted octanol–water partition coefficient (Wildman–Crippen LogP) is 5.24. The van der Waals surface area contributed by atoms with Gasteiger partial charge in [-0.2, -0.15) is 0 Å². The number of anilines is 1. The zero-order valence-corrected chi connectivity index (χ0v) is 16.5. The molecule has 3 rings (SSSR count). The van der Waals surface area contributed by atoms with Crippen molar-refractivity contribution in [3.05, 3.63) is 71.1 Å². The molecule has 0 aliphatic rings. The Morgan fingerprint density at radius 2 is 1.68 bits per heavy atom. The van der Waals surface area contributed by atoms with Crippen molar-refractivity contribution in [1.82, 2.24) is 0 Å². The van der Waals surface area contributed by atoms with Crippen LogP contribution in [0.15, 0.2) is 60.0 Å². The van der Waals surface area contributed by atoms with Gasteiger partial charge in [0.15, 0.2) is 0 Å². The number of para-hydroxylation sites is 1. The van der Waals surface area contributed by atoms with E-state index in [1.807, 2.05) is 48.7 Å². The predicted molar refractivity (Wildman–Crippen MR) is 111 cm³/mol. The maximum absolute atomic E-state index is 12.9. The highest BCUT2D eigenvalue weighted by atomic mass is 32.1. The third kappa shape index (κ3) is 4.23. The number of ether oxygens (including phenoxy) is 2. The van der Waals surface area contributed by atoms with Gasteiger partial charge in [0, 0.05) is 10.9 Å². The first-order chi connectivity index (χ1) is 13.7. The van der Waals surface area contributed by atoms with Crippen LogP contribution in [0.4, 0.5) is 5.00 Å². The van der Waals surface area contributed by atoms with E-state index in [0.29, 0.717) is 28.5 Å². The van der Waals surface area contributed by atoms with Crippen LogP contribution in [-0.2, 0) is 4.74 Å². The minimum Gasteiger partial charge on any atom is -0.493 e. The zero-order valence-electron chi connectivity index (χ0n) is 15.7. The lowest BCUT2D eigenvalue weighted by atomic mass is 10.0. The lowest BCUT2D eigenvalue weighted by Gasteiger charge is -2.11. The van der Waals surface area contributed by atoms with E-state index in [-0.39, 0.29) is 12.5 Å². The largest absolute Gasteiger partial charge is 0.493 e. The van der Waals surface area contributed by atoms with Gasteiger partial charge in [0.1, 0.15) is 16.3 Å². The molecule has 0 saturated carbocycles. The third-order valence-electron chi connectivity index (χ3n) is 4.01. The monoisotopic (exact) mass is 395 g/mol. The summed E-state index contributed by atoms with van der Waals surface area (Å²) < 4.78 is 10.8. The van der Waals surface area contributed by atoms with E-state index in [1.165, 1.54) is 11.3 Å². The molecule has 1 heterocycles. The van der Waals surface area contributed by atoms with Crippen LogP contribution in [0, 0.1) is 0 Å². The highest BCUT2D eigenvalue weighted by Crippen LogP contribution is 2.36. The molecule has 144 valence electrons. The fourth-order valence-electron chi connectivity index (χ4n) is 2.79. The van der Waals surface area contributed by atoms with Crippen LogP contribution in [0.25, 0.3) is 11.1 Å². The van der Waals surface area contributed by atoms with Gasteiger partial charge in [0.05, 0.1) is 18.8 Å². The van der Waals surface area contributed by atoms with Crippen molar-refractivity contribution in [2.75, 3.05) is 18.5 Å². The molecule has 3 aromatic rings. The van der Waals surface area contributed by atoms with Gasteiger partial charge in [0.2, 0.25) is 0 Å². The zero-order chi connectivity index (χ0) is 19.9. The topological polar surface area (TPSA) is 64.6 Å². The molecule has 0 spiro atoms. The van der Waals surface area contributed by atoms with Crippen LogP contribution in [0.2, 0.25) is 0 Å². The van der Waals surface area contributed by atoms with Gasteiger partial charge in [-0.15, -0.1) is 11.3 Å². The molecule has 0 aliphatic heterocycles. The first kappa shape index (κ1) is 19.6. The summed E-state index contributed by atoms with van der Waals surface area (Å²) >= 11 is 1.29. The van der Waals surface area contributed by atoms with Gasteiger partial charge in [-0.3, -0.25) is 4.79 Å². The van der Waals surface area contributed by atoms with Crippen molar-refractivity contribution < 1.29 is 19.1 Å². The summed E-state index contributed by atoms with van der Waals surface area (Å²) in [7, 11) is 0. The Bertz CT molecular complexity index is 966. The number of amides is 1. The highest BCUT2D eigenvalue weighted by Gasteiger charge is 2.23. The second kappa shape index (κ2) is 9.19. The summed E-state index contributed by atoms with van der Waals surface area (Å²) in [6.07, 6.45) is 0. The Morgan fingerprint density at radius 1 is 0.964 bits per heavy atom. The van der Waals surface area contributed by atoms with E-state index in [2.05, 4.69) is 5.32 Å². The lowest BCUT2D eigenvalue weighted by Crippen LogP contribution is -2.16. The van der Waals surface area contributed by atoms with Gasteiger partial charge >= 0.3 is 5.97 Å². The molecule has 0 aliphatic carbocycles. The molecule has 0 fully saturated rings. The fraction of sp³-hybridized carbons (Fsp3) is 0.182. The average molecular weight is 395 g/mol. The summed E-state index contributed by atoms with van der Waals surface area (Å²) in [4.78, 5) is 25.5. The normalized spacial score (nSPS) is 10.4. The lowest BCUT2D eigenvalue weighted by molar-refractivity contribution is 0.0529. The van der Waals surface area contributed by atoms with E-state index >= 15 is 0 Å². The fourth-order valence-corrected chi connectivity index (χ4v) is 3.74. The molecule has 0 bridgehead atoms. The molecule has 5 nitrogen and oxygen atoms in total. The van der Waals surface area contributed by atoms with Gasteiger partial charge in [-0.1, -0.05) is 42.5 Å². The van der Waals surface area contributed by atoms with Gasteiger partial charge in [-0.25, -0.2) is 4.79 Å². The first-order valence-electron chi connectivity index (χ1n) is 9.02. The van der Waals surface area contributed by atoms with Crippen LogP contribution < -0.4 is 10.1 Å². The van der Waals surface area contributed by atoms with Gasteiger partial charge in [0.25, 0.3) is 5.91 Å². The molecular weight excluding hydrogens is 374 g/mol. The van der Waals surface area contributed by atoms with Gasteiger partial charge in [-0.05, 0) is 31.5 Å². The Balaban J connectivity index is 1.97. The van der Waals surface area contributed by atoms with Crippen molar-refractivity contribution in [2.24, 2.45) is 0 Å². The number of benzene rings is 2. The number of nitrogens with one attached hydrogen (secondary N) is 1. The molecule has 28 heavy (non-hydrogen) atoms. The number of carbonyl (C=O) groups is 2. The molecular formula is C22H21NO4S. The Labute approximate surface area is 167 Å². The maximum Gasteiger partial charge on any atom is 0.341 e. The molecule has 0 unspecified atom stereocenters. The number of thiophene rings is 1. The molecule has 2 aromatic carbocycles. The van der Waals surface area contributed by atoms with Crippen LogP contribution in [0.1, 0.15) is 34.6 Å². The van der Waals surface area contributed by atoms with Crippen molar-refractivity contribution in [2.45, 2.75) is 13.8 Å². The molecule has 0 saturated heterocycles. The summed E-state index contributed by atoms with van der Waals surface area (Å²) in [5, 5.41) is 5.16. The first-order valence-corrected chi connectivity index (χ1v) is 9.90. The molecule has 6 heteroatoms. The Morgan fingerprint density at radius 3 is 2.39 bits per heavy atom. The smallest absolute Gasteiger partial charge is 0.341 e. The summed E-state index contributed by atoms with van der Waals surface area (Å²) in [5.41, 5.74) is 2.39. The molecule has 1 amide bonds. The van der Waals surface area contributed by atoms with Gasteiger partial charge < -0.3 is 14.8 Å². The Hall–Kier alpha value is -3.12. The van der Waals surface area contributed by atoms with E-state index in [1.54, 1.807) is 25.1 Å². The van der Waals surface area contributed by atoms with Crippen LogP contribution >= 0.6 is 11.3 Å². The molecule has 0 radical (unpaired) electrons. The number of esters is 1. The van der Waals surface area contributed by atoms with E-state index in [0.717, 1.165) is 11.1 Å². The van der Waals surface area contributed by atoms with Crippen LogP contribution in [-0.4, -0.2) is 25.1 Å². The van der Waals surface area contributed by atoms with E-state index < -0.39 is 5.97 Å². The van der Waals surface area contributed by atoms with E-state index in [4.69, 9.17) is 9.47 Å². The molecule has 0 atom stereocenters. The molecule has 1 N–H and O–H groups in total. The molecule has 1 aromatic heterocycles. The number of hydrogen-bond donors (Lipinski definition) is 1. The quantitative estimate of drug-likeness (QED) is 0.556. The summed E-state index contributed by atoms with van der Waals surface area (Å²) in [6, 6.07) is 16.6. The number of hydrogen-bond acceptors (Lipinski definition) is 5. The van der Waals surface area contributed by atoms with Crippen LogP contribution in [0.5, 0.6) is 5.75 Å². The number of rotatable bonds is 7. The van der Waals surface area contributed by atoms with Crippen molar-refractivity contribution in [3.63, 3.8) is 0 Å². The number of carbonyl (C=O) groups excluding carboxylic acids is 2. The summed E-state index contributed by atoms with van der Waals surface area (Å²) in [5.74, 6) is -0.299. The van der Waals surface area contributed by atoms with Crippen molar-refractivity contribution >= 4 is 28.2 Å². The van der Waals surface area contributed by atoms with E-state index in [9.17, 15) is 9.59 Å². The van der Waals surface area contributed by atoms with Crippen molar-refractivity contribution in [1.29, 1.82) is 0 Å². The second-order valence-electron chi connectivity index (χ2n) is 5.82. The standard InChI is InChI=1S/C22H21NO4S/c1-3-26-18-13-9-8-12-16(18)20(24)23-21-19(22(25)27-4-2)17(14-28-21)15-10-6-5-7-11-15/h5-14H,3-4H2,1-2H3,(H,23,24). The van der Waals surface area contributed by atoms with Crippen molar-refractivity contribution in [3.8, 4) is 16.9 Å². The Kier molecular flexibility index (Phi) is 6.45. The minimum atomic E-state index is -0.462.